The number of fused-ring (bicyclic) bond motifs is 1. The number of rotatable bonds is 1. The van der Waals surface area contributed by atoms with Gasteiger partial charge in [-0.3, -0.25) is 4.98 Å². The molecule has 0 saturated carbocycles. The number of aromatic nitrogens is 1. The molecular formula is C14H10BrNO. The number of nitrogens with zero attached hydrogens (tertiary/aromatic N) is 1. The van der Waals surface area contributed by atoms with Gasteiger partial charge in [0.25, 0.3) is 0 Å². The molecule has 0 aliphatic carbocycles. The maximum Gasteiger partial charge on any atom is 0.128 e. The first-order valence-electron chi connectivity index (χ1n) is 5.38. The van der Waals surface area contributed by atoms with Gasteiger partial charge < -0.3 is 4.74 Å². The third-order valence-electron chi connectivity index (χ3n) is 2.73. The van der Waals surface area contributed by atoms with Gasteiger partial charge in [0.15, 0.2) is 0 Å². The van der Waals surface area contributed by atoms with Gasteiger partial charge in [0.1, 0.15) is 12.4 Å². The summed E-state index contributed by atoms with van der Waals surface area (Å²) < 4.78 is 6.66. The fourth-order valence-corrected chi connectivity index (χ4v) is 2.30. The van der Waals surface area contributed by atoms with E-state index in [2.05, 4.69) is 39.1 Å². The summed E-state index contributed by atoms with van der Waals surface area (Å²) in [7, 11) is 0. The van der Waals surface area contributed by atoms with Crippen LogP contribution in [0.3, 0.4) is 0 Å². The van der Waals surface area contributed by atoms with Gasteiger partial charge in [0, 0.05) is 28.0 Å². The summed E-state index contributed by atoms with van der Waals surface area (Å²) in [5, 5.41) is 0. The highest BCUT2D eigenvalue weighted by atomic mass is 79.9. The molecule has 0 fully saturated rings. The van der Waals surface area contributed by atoms with Crippen LogP contribution in [0.5, 0.6) is 5.75 Å². The molecule has 0 radical (unpaired) electrons. The zero-order valence-electron chi connectivity index (χ0n) is 9.06. The van der Waals surface area contributed by atoms with Crippen molar-refractivity contribution in [3.63, 3.8) is 0 Å². The number of halogens is 1. The molecule has 1 aliphatic heterocycles. The van der Waals surface area contributed by atoms with Crippen LogP contribution in [0.4, 0.5) is 0 Å². The average Bonchev–Trinajstić information content (AvgIpc) is 2.39. The molecule has 0 bridgehead atoms. The Morgan fingerprint density at radius 2 is 2.18 bits per heavy atom. The minimum Gasteiger partial charge on any atom is -0.489 e. The standard InChI is InChI=1S/C14H10BrNO/c15-11-3-4-13-12(5-7-17-14(13)8-11)10-2-1-6-16-9-10/h1-6,8-9H,7H2. The molecule has 1 aliphatic rings. The predicted molar refractivity (Wildman–Crippen MR) is 71.0 cm³/mol. The van der Waals surface area contributed by atoms with Gasteiger partial charge in [-0.15, -0.1) is 0 Å². The maximum absolute atomic E-state index is 5.63. The summed E-state index contributed by atoms with van der Waals surface area (Å²) in [4.78, 5) is 4.16. The lowest BCUT2D eigenvalue weighted by atomic mass is 9.97. The Kier molecular flexibility index (Phi) is 2.69. The lowest BCUT2D eigenvalue weighted by Crippen LogP contribution is -2.05. The minimum atomic E-state index is 0.605. The number of pyridine rings is 1. The zero-order valence-corrected chi connectivity index (χ0v) is 10.6. The maximum atomic E-state index is 5.63. The van der Waals surface area contributed by atoms with E-state index in [-0.39, 0.29) is 0 Å². The molecule has 0 unspecified atom stereocenters. The van der Waals surface area contributed by atoms with Crippen molar-refractivity contribution in [1.82, 2.24) is 4.98 Å². The molecule has 0 atom stereocenters. The van der Waals surface area contributed by atoms with Crippen LogP contribution in [0.1, 0.15) is 11.1 Å². The van der Waals surface area contributed by atoms with E-state index in [1.54, 1.807) is 6.20 Å². The van der Waals surface area contributed by atoms with Crippen LogP contribution < -0.4 is 4.74 Å². The second-order valence-corrected chi connectivity index (χ2v) is 4.73. The quantitative estimate of drug-likeness (QED) is 0.798. The van der Waals surface area contributed by atoms with E-state index in [1.165, 1.54) is 5.57 Å². The van der Waals surface area contributed by atoms with Crippen molar-refractivity contribution in [3.8, 4) is 5.75 Å². The van der Waals surface area contributed by atoms with Crippen LogP contribution >= 0.6 is 15.9 Å². The summed E-state index contributed by atoms with van der Waals surface area (Å²) >= 11 is 3.45. The third-order valence-corrected chi connectivity index (χ3v) is 3.23. The van der Waals surface area contributed by atoms with Gasteiger partial charge in [-0.05, 0) is 35.9 Å². The largest absolute Gasteiger partial charge is 0.489 e. The summed E-state index contributed by atoms with van der Waals surface area (Å²) in [6.07, 6.45) is 5.75. The first-order valence-corrected chi connectivity index (χ1v) is 6.17. The monoisotopic (exact) mass is 287 g/mol. The SMILES string of the molecule is Brc1ccc2c(c1)OCC=C2c1cccnc1. The smallest absolute Gasteiger partial charge is 0.128 e. The van der Waals surface area contributed by atoms with E-state index < -0.39 is 0 Å². The first-order chi connectivity index (χ1) is 8.34. The van der Waals surface area contributed by atoms with Crippen molar-refractivity contribution in [3.05, 3.63) is 64.4 Å². The molecule has 0 spiro atoms. The average molecular weight is 288 g/mol. The van der Waals surface area contributed by atoms with E-state index in [4.69, 9.17) is 4.74 Å². The third kappa shape index (κ3) is 1.98. The highest BCUT2D eigenvalue weighted by Crippen LogP contribution is 2.35. The molecule has 2 aromatic rings. The Bertz CT molecular complexity index is 578. The fourth-order valence-electron chi connectivity index (χ4n) is 1.96. The zero-order chi connectivity index (χ0) is 11.7. The fraction of sp³-hybridized carbons (Fsp3) is 0.0714. The van der Waals surface area contributed by atoms with E-state index >= 15 is 0 Å². The predicted octanol–water partition coefficient (Wildman–Crippen LogP) is 3.67. The lowest BCUT2D eigenvalue weighted by Gasteiger charge is -2.18. The van der Waals surface area contributed by atoms with Crippen LogP contribution in [0.15, 0.2) is 53.3 Å². The molecule has 1 aromatic carbocycles. The summed E-state index contributed by atoms with van der Waals surface area (Å²) in [5.41, 5.74) is 3.43. The summed E-state index contributed by atoms with van der Waals surface area (Å²) in [6, 6.07) is 10.1. The van der Waals surface area contributed by atoms with Gasteiger partial charge in [-0.2, -0.15) is 0 Å². The molecule has 17 heavy (non-hydrogen) atoms. The first kappa shape index (κ1) is 10.5. The number of hydrogen-bond acceptors (Lipinski definition) is 2. The topological polar surface area (TPSA) is 22.1 Å². The van der Waals surface area contributed by atoms with Crippen LogP contribution in [0.25, 0.3) is 5.57 Å². The normalized spacial score (nSPS) is 13.6. The van der Waals surface area contributed by atoms with Crippen LogP contribution in [0, 0.1) is 0 Å². The second kappa shape index (κ2) is 4.34. The molecule has 1 aromatic heterocycles. The second-order valence-electron chi connectivity index (χ2n) is 3.81. The molecule has 2 nitrogen and oxygen atoms in total. The summed E-state index contributed by atoms with van der Waals surface area (Å²) in [6.45, 7) is 0.605. The highest BCUT2D eigenvalue weighted by Gasteiger charge is 2.15. The van der Waals surface area contributed by atoms with E-state index in [1.807, 2.05) is 24.4 Å². The Balaban J connectivity index is 2.12. The van der Waals surface area contributed by atoms with Crippen molar-refractivity contribution in [2.24, 2.45) is 0 Å². The van der Waals surface area contributed by atoms with Crippen LogP contribution in [-0.4, -0.2) is 11.6 Å². The Labute approximate surface area is 108 Å². The molecule has 84 valence electrons. The Hall–Kier alpha value is -1.61. The molecule has 3 heteroatoms. The molecule has 0 saturated heterocycles. The molecule has 0 amide bonds. The van der Waals surface area contributed by atoms with E-state index in [9.17, 15) is 0 Å². The van der Waals surface area contributed by atoms with Crippen molar-refractivity contribution < 1.29 is 4.74 Å². The van der Waals surface area contributed by atoms with Gasteiger partial charge in [0.05, 0.1) is 0 Å². The van der Waals surface area contributed by atoms with Gasteiger partial charge in [0.2, 0.25) is 0 Å². The van der Waals surface area contributed by atoms with Crippen LogP contribution in [-0.2, 0) is 0 Å². The van der Waals surface area contributed by atoms with E-state index in [0.29, 0.717) is 6.61 Å². The van der Waals surface area contributed by atoms with Crippen molar-refractivity contribution in [1.29, 1.82) is 0 Å². The van der Waals surface area contributed by atoms with E-state index in [0.717, 1.165) is 21.3 Å². The Morgan fingerprint density at radius 3 is 3.00 bits per heavy atom. The van der Waals surface area contributed by atoms with Gasteiger partial charge in [-0.1, -0.05) is 22.0 Å². The number of ether oxygens (including phenoxy) is 1. The van der Waals surface area contributed by atoms with Crippen molar-refractivity contribution in [2.45, 2.75) is 0 Å². The summed E-state index contributed by atoms with van der Waals surface area (Å²) in [5.74, 6) is 0.917. The number of benzene rings is 1. The lowest BCUT2D eigenvalue weighted by molar-refractivity contribution is 0.357. The Morgan fingerprint density at radius 1 is 1.24 bits per heavy atom. The number of hydrogen-bond donors (Lipinski definition) is 0. The molecule has 2 heterocycles. The van der Waals surface area contributed by atoms with Gasteiger partial charge >= 0.3 is 0 Å². The van der Waals surface area contributed by atoms with Gasteiger partial charge in [-0.25, -0.2) is 0 Å². The van der Waals surface area contributed by atoms with Crippen molar-refractivity contribution >= 4 is 21.5 Å². The molecular weight excluding hydrogens is 278 g/mol. The minimum absolute atomic E-state index is 0.605. The molecule has 3 rings (SSSR count). The highest BCUT2D eigenvalue weighted by molar-refractivity contribution is 9.10. The van der Waals surface area contributed by atoms with Crippen molar-refractivity contribution in [2.75, 3.05) is 6.61 Å². The molecule has 0 N–H and O–H groups in total. The van der Waals surface area contributed by atoms with Crippen LogP contribution in [0.2, 0.25) is 0 Å².